The minimum absolute atomic E-state index is 0.0538. The SMILES string of the molecule is CCOc1ccc(S(=O)(=O)N2CCOCC2)cc1NC(=O)C1CCCN1C(=O)c1ccco1. The molecule has 10 nitrogen and oxygen atoms in total. The van der Waals surface area contributed by atoms with E-state index in [1.165, 1.54) is 33.7 Å². The molecule has 0 aliphatic carbocycles. The molecule has 33 heavy (non-hydrogen) atoms. The van der Waals surface area contributed by atoms with Crippen LogP contribution in [-0.4, -0.2) is 74.9 Å². The quantitative estimate of drug-likeness (QED) is 0.647. The van der Waals surface area contributed by atoms with Gasteiger partial charge >= 0.3 is 0 Å². The van der Waals surface area contributed by atoms with Gasteiger partial charge in [-0.3, -0.25) is 9.59 Å². The van der Waals surface area contributed by atoms with Crippen LogP contribution in [-0.2, 0) is 19.6 Å². The second-order valence-corrected chi connectivity index (χ2v) is 9.67. The van der Waals surface area contributed by atoms with Crippen molar-refractivity contribution in [3.63, 3.8) is 0 Å². The van der Waals surface area contributed by atoms with Crippen LogP contribution in [0.3, 0.4) is 0 Å². The standard InChI is InChI=1S/C22H27N3O7S/c1-2-31-19-8-7-16(33(28,29)24-10-13-30-14-11-24)15-17(19)23-21(26)18-5-3-9-25(18)22(27)20-6-4-12-32-20/h4,6-8,12,15,18H,2-3,5,9-11,13-14H2,1H3,(H,23,26). The number of morpholine rings is 1. The summed E-state index contributed by atoms with van der Waals surface area (Å²) in [4.78, 5) is 27.4. The molecule has 1 unspecified atom stereocenters. The Labute approximate surface area is 192 Å². The number of benzene rings is 1. The summed E-state index contributed by atoms with van der Waals surface area (Å²) in [6.45, 7) is 3.77. The zero-order valence-corrected chi connectivity index (χ0v) is 19.2. The number of likely N-dealkylation sites (tertiary alicyclic amines) is 1. The Bertz CT molecular complexity index is 1100. The fourth-order valence-electron chi connectivity index (χ4n) is 4.02. The van der Waals surface area contributed by atoms with Crippen LogP contribution in [0.25, 0.3) is 0 Å². The van der Waals surface area contributed by atoms with Crippen LogP contribution in [0.4, 0.5) is 5.69 Å². The van der Waals surface area contributed by atoms with Gasteiger partial charge in [0.1, 0.15) is 11.8 Å². The van der Waals surface area contributed by atoms with E-state index >= 15 is 0 Å². The Kier molecular flexibility index (Phi) is 7.01. The molecule has 0 bridgehead atoms. The van der Waals surface area contributed by atoms with Gasteiger partial charge in [-0.15, -0.1) is 0 Å². The number of furan rings is 1. The van der Waals surface area contributed by atoms with E-state index in [2.05, 4.69) is 5.32 Å². The summed E-state index contributed by atoms with van der Waals surface area (Å²) in [6.07, 6.45) is 2.58. The summed E-state index contributed by atoms with van der Waals surface area (Å²) < 4.78 is 43.6. The van der Waals surface area contributed by atoms with E-state index in [9.17, 15) is 18.0 Å². The van der Waals surface area contributed by atoms with Crippen molar-refractivity contribution in [1.82, 2.24) is 9.21 Å². The van der Waals surface area contributed by atoms with Crippen LogP contribution >= 0.6 is 0 Å². The molecule has 1 atom stereocenters. The van der Waals surface area contributed by atoms with Crippen LogP contribution in [0.1, 0.15) is 30.3 Å². The first-order chi connectivity index (χ1) is 15.9. The van der Waals surface area contributed by atoms with Crippen molar-refractivity contribution in [3.05, 3.63) is 42.4 Å². The molecule has 2 aromatic rings. The maximum atomic E-state index is 13.2. The van der Waals surface area contributed by atoms with Crippen LogP contribution in [0.5, 0.6) is 5.75 Å². The number of nitrogens with zero attached hydrogens (tertiary/aromatic N) is 2. The number of amides is 2. The van der Waals surface area contributed by atoms with E-state index in [1.54, 1.807) is 19.1 Å². The summed E-state index contributed by atoms with van der Waals surface area (Å²) in [7, 11) is -3.76. The maximum absolute atomic E-state index is 13.2. The lowest BCUT2D eigenvalue weighted by molar-refractivity contribution is -0.119. The van der Waals surface area contributed by atoms with Crippen LogP contribution in [0, 0.1) is 0 Å². The molecule has 2 aliphatic rings. The van der Waals surface area contributed by atoms with E-state index in [4.69, 9.17) is 13.9 Å². The van der Waals surface area contributed by atoms with Crippen LogP contribution in [0.2, 0.25) is 0 Å². The molecule has 0 spiro atoms. The Balaban J connectivity index is 1.57. The van der Waals surface area contributed by atoms with Crippen molar-refractivity contribution in [2.45, 2.75) is 30.7 Å². The van der Waals surface area contributed by atoms with E-state index in [0.29, 0.717) is 45.0 Å². The molecule has 0 saturated carbocycles. The zero-order valence-electron chi connectivity index (χ0n) is 18.4. The largest absolute Gasteiger partial charge is 0.492 e. The van der Waals surface area contributed by atoms with E-state index in [-0.39, 0.29) is 35.3 Å². The van der Waals surface area contributed by atoms with Gasteiger partial charge in [-0.2, -0.15) is 4.31 Å². The molecular weight excluding hydrogens is 450 g/mol. The Morgan fingerprint density at radius 2 is 1.97 bits per heavy atom. The van der Waals surface area contributed by atoms with Crippen molar-refractivity contribution in [1.29, 1.82) is 0 Å². The Morgan fingerprint density at radius 1 is 1.18 bits per heavy atom. The van der Waals surface area contributed by atoms with E-state index < -0.39 is 22.0 Å². The van der Waals surface area contributed by atoms with Gasteiger partial charge in [-0.1, -0.05) is 0 Å². The summed E-state index contributed by atoms with van der Waals surface area (Å²) in [5, 5.41) is 2.79. The predicted molar refractivity (Wildman–Crippen MR) is 119 cm³/mol. The fourth-order valence-corrected chi connectivity index (χ4v) is 5.46. The molecule has 2 aliphatic heterocycles. The number of hydrogen-bond acceptors (Lipinski definition) is 7. The average molecular weight is 478 g/mol. The average Bonchev–Trinajstić information content (AvgIpc) is 3.53. The number of carbonyl (C=O) groups excluding carboxylic acids is 2. The lowest BCUT2D eigenvalue weighted by atomic mass is 10.2. The summed E-state index contributed by atoms with van der Waals surface area (Å²) in [5.74, 6) is -0.238. The third-order valence-electron chi connectivity index (χ3n) is 5.66. The molecule has 1 aromatic heterocycles. The van der Waals surface area contributed by atoms with Crippen molar-refractivity contribution in [2.24, 2.45) is 0 Å². The predicted octanol–water partition coefficient (Wildman–Crippen LogP) is 1.94. The first-order valence-corrected chi connectivity index (χ1v) is 12.4. The molecule has 1 aromatic carbocycles. The van der Waals surface area contributed by atoms with Crippen molar-refractivity contribution in [3.8, 4) is 5.75 Å². The molecule has 11 heteroatoms. The smallest absolute Gasteiger partial charge is 0.290 e. The third-order valence-corrected chi connectivity index (χ3v) is 7.56. The molecule has 2 saturated heterocycles. The summed E-state index contributed by atoms with van der Waals surface area (Å²) >= 11 is 0. The molecule has 2 fully saturated rings. The number of ether oxygens (including phenoxy) is 2. The summed E-state index contributed by atoms with van der Waals surface area (Å²) in [5.41, 5.74) is 0.244. The molecule has 1 N–H and O–H groups in total. The number of carbonyl (C=O) groups is 2. The first-order valence-electron chi connectivity index (χ1n) is 10.9. The normalized spacial score (nSPS) is 19.4. The highest BCUT2D eigenvalue weighted by Gasteiger charge is 2.36. The molecular formula is C22H27N3O7S. The highest BCUT2D eigenvalue weighted by atomic mass is 32.2. The number of hydrogen-bond donors (Lipinski definition) is 1. The van der Waals surface area contributed by atoms with Gasteiger partial charge < -0.3 is 24.1 Å². The number of sulfonamides is 1. The third kappa shape index (κ3) is 4.90. The zero-order chi connectivity index (χ0) is 23.4. The van der Waals surface area contributed by atoms with Crippen LogP contribution < -0.4 is 10.1 Å². The lowest BCUT2D eigenvalue weighted by Crippen LogP contribution is -2.43. The maximum Gasteiger partial charge on any atom is 0.290 e. The van der Waals surface area contributed by atoms with E-state index in [1.807, 2.05) is 0 Å². The van der Waals surface area contributed by atoms with Gasteiger partial charge in [-0.05, 0) is 50.1 Å². The number of nitrogens with one attached hydrogen (secondary N) is 1. The van der Waals surface area contributed by atoms with Gasteiger partial charge in [0, 0.05) is 19.6 Å². The Hall–Kier alpha value is -2.89. The molecule has 3 heterocycles. The first kappa shape index (κ1) is 23.3. The van der Waals surface area contributed by atoms with E-state index in [0.717, 1.165) is 0 Å². The monoisotopic (exact) mass is 477 g/mol. The van der Waals surface area contributed by atoms with Gasteiger partial charge in [0.05, 0.1) is 36.7 Å². The second kappa shape index (κ2) is 9.94. The van der Waals surface area contributed by atoms with Gasteiger partial charge in [-0.25, -0.2) is 8.42 Å². The minimum atomic E-state index is -3.76. The lowest BCUT2D eigenvalue weighted by Gasteiger charge is -2.26. The van der Waals surface area contributed by atoms with Gasteiger partial charge in [0.25, 0.3) is 5.91 Å². The van der Waals surface area contributed by atoms with Gasteiger partial charge in [0.15, 0.2) is 5.76 Å². The molecule has 4 rings (SSSR count). The second-order valence-electron chi connectivity index (χ2n) is 7.73. The minimum Gasteiger partial charge on any atom is -0.492 e. The van der Waals surface area contributed by atoms with Crippen LogP contribution in [0.15, 0.2) is 45.9 Å². The topological polar surface area (TPSA) is 118 Å². The van der Waals surface area contributed by atoms with Crippen molar-refractivity contribution < 1.29 is 31.9 Å². The summed E-state index contributed by atoms with van der Waals surface area (Å²) in [6, 6.07) is 6.88. The number of anilines is 1. The van der Waals surface area contributed by atoms with Crippen molar-refractivity contribution >= 4 is 27.5 Å². The highest BCUT2D eigenvalue weighted by Crippen LogP contribution is 2.31. The van der Waals surface area contributed by atoms with Gasteiger partial charge in [0.2, 0.25) is 15.9 Å². The highest BCUT2D eigenvalue weighted by molar-refractivity contribution is 7.89. The van der Waals surface area contributed by atoms with Crippen molar-refractivity contribution in [2.75, 3.05) is 44.8 Å². The molecule has 0 radical (unpaired) electrons. The molecule has 2 amide bonds. The fraction of sp³-hybridized carbons (Fsp3) is 0.455. The number of rotatable bonds is 7. The Morgan fingerprint density at radius 3 is 2.67 bits per heavy atom. The molecule has 178 valence electrons.